The maximum absolute atomic E-state index is 13.2. The number of benzene rings is 1. The minimum absolute atomic E-state index is 0.0432. The molecule has 0 aliphatic heterocycles. The summed E-state index contributed by atoms with van der Waals surface area (Å²) in [6.07, 6.45) is 7.49. The van der Waals surface area contributed by atoms with Gasteiger partial charge in [0.15, 0.2) is 0 Å². The van der Waals surface area contributed by atoms with Crippen molar-refractivity contribution in [3.63, 3.8) is 0 Å². The van der Waals surface area contributed by atoms with E-state index in [0.29, 0.717) is 6.61 Å². The molecule has 27 heavy (non-hydrogen) atoms. The number of hydrogen-bond acceptors (Lipinski definition) is 4. The summed E-state index contributed by atoms with van der Waals surface area (Å²) in [6, 6.07) is 7.62. The van der Waals surface area contributed by atoms with E-state index in [0.717, 1.165) is 54.4 Å². The third kappa shape index (κ3) is 4.41. The fourth-order valence-corrected chi connectivity index (χ4v) is 3.70. The lowest BCUT2D eigenvalue weighted by Gasteiger charge is -2.35. The van der Waals surface area contributed by atoms with Gasteiger partial charge in [-0.3, -0.25) is 9.78 Å². The highest BCUT2D eigenvalue weighted by Gasteiger charge is 2.40. The molecule has 1 N–H and O–H groups in total. The summed E-state index contributed by atoms with van der Waals surface area (Å²) >= 11 is 0. The van der Waals surface area contributed by atoms with Gasteiger partial charge in [0.05, 0.1) is 11.8 Å². The highest BCUT2D eigenvalue weighted by atomic mass is 16.5. The molecule has 1 aromatic carbocycles. The Labute approximate surface area is 161 Å². The van der Waals surface area contributed by atoms with E-state index in [4.69, 9.17) is 9.47 Å². The predicted molar refractivity (Wildman–Crippen MR) is 108 cm³/mol. The number of amides is 1. The first kappa shape index (κ1) is 19.6. The molecule has 1 amide bonds. The Hall–Kier alpha value is -2.14. The second kappa shape index (κ2) is 8.70. The Morgan fingerprint density at radius 3 is 2.70 bits per heavy atom. The number of nitrogens with one attached hydrogen (secondary N) is 1. The van der Waals surface area contributed by atoms with Crippen LogP contribution < -0.4 is 10.1 Å². The number of aromatic nitrogens is 1. The first-order valence-electron chi connectivity index (χ1n) is 10.1. The molecule has 1 aromatic heterocycles. The van der Waals surface area contributed by atoms with Crippen molar-refractivity contribution in [2.45, 2.75) is 71.0 Å². The number of carbonyl (C=O) groups is 1. The summed E-state index contributed by atoms with van der Waals surface area (Å²) in [4.78, 5) is 17.7. The Balaban J connectivity index is 1.90. The van der Waals surface area contributed by atoms with Gasteiger partial charge in [0.2, 0.25) is 0 Å². The Morgan fingerprint density at radius 1 is 1.22 bits per heavy atom. The van der Waals surface area contributed by atoms with Crippen LogP contribution in [0.15, 0.2) is 30.5 Å². The van der Waals surface area contributed by atoms with Crippen LogP contribution in [0.25, 0.3) is 10.9 Å². The number of rotatable bonds is 7. The van der Waals surface area contributed by atoms with Gasteiger partial charge in [-0.15, -0.1) is 0 Å². The number of fused-ring (bicyclic) bond motifs is 1. The summed E-state index contributed by atoms with van der Waals surface area (Å²) in [6.45, 7) is 6.66. The average Bonchev–Trinajstić information content (AvgIpc) is 2.68. The number of ether oxygens (including phenoxy) is 2. The highest BCUT2D eigenvalue weighted by molar-refractivity contribution is 6.05. The van der Waals surface area contributed by atoms with E-state index < -0.39 is 5.60 Å². The van der Waals surface area contributed by atoms with E-state index in [1.165, 1.54) is 6.42 Å². The van der Waals surface area contributed by atoms with Gasteiger partial charge >= 0.3 is 0 Å². The van der Waals surface area contributed by atoms with Gasteiger partial charge < -0.3 is 14.8 Å². The summed E-state index contributed by atoms with van der Waals surface area (Å²) < 4.78 is 12.0. The summed E-state index contributed by atoms with van der Waals surface area (Å²) in [5.41, 5.74) is 0.802. The quantitative estimate of drug-likeness (QED) is 0.737. The van der Waals surface area contributed by atoms with E-state index in [-0.39, 0.29) is 12.0 Å². The molecule has 0 atom stereocenters. The van der Waals surface area contributed by atoms with Gasteiger partial charge in [-0.25, -0.2) is 0 Å². The number of carbonyl (C=O) groups excluding carboxylic acids is 1. The molecule has 0 unspecified atom stereocenters. The molecule has 1 heterocycles. The van der Waals surface area contributed by atoms with Crippen LogP contribution in [-0.2, 0) is 9.53 Å². The van der Waals surface area contributed by atoms with Crippen molar-refractivity contribution in [3.05, 3.63) is 30.5 Å². The van der Waals surface area contributed by atoms with Crippen molar-refractivity contribution in [1.82, 2.24) is 4.98 Å². The Kier molecular flexibility index (Phi) is 6.32. The van der Waals surface area contributed by atoms with Crippen LogP contribution in [0.2, 0.25) is 0 Å². The zero-order valence-electron chi connectivity index (χ0n) is 16.6. The molecule has 1 aliphatic carbocycles. The van der Waals surface area contributed by atoms with Crippen molar-refractivity contribution in [2.24, 2.45) is 0 Å². The maximum atomic E-state index is 13.2. The van der Waals surface area contributed by atoms with Crippen LogP contribution in [0.4, 0.5) is 5.69 Å². The highest BCUT2D eigenvalue weighted by Crippen LogP contribution is 2.35. The van der Waals surface area contributed by atoms with Crippen molar-refractivity contribution in [1.29, 1.82) is 0 Å². The number of hydrogen-bond donors (Lipinski definition) is 1. The number of pyridine rings is 1. The van der Waals surface area contributed by atoms with Crippen molar-refractivity contribution in [2.75, 3.05) is 11.9 Å². The SMILES string of the molecule is CCCOC1(C(=O)Nc2ccc(OC(C)C)c3ncccc23)CCCCC1. The van der Waals surface area contributed by atoms with Gasteiger partial charge in [-0.1, -0.05) is 26.2 Å². The minimum Gasteiger partial charge on any atom is -0.489 e. The Morgan fingerprint density at radius 2 is 2.00 bits per heavy atom. The molecular formula is C22H30N2O3. The van der Waals surface area contributed by atoms with Crippen LogP contribution in [-0.4, -0.2) is 29.2 Å². The van der Waals surface area contributed by atoms with Gasteiger partial charge in [0.25, 0.3) is 5.91 Å². The molecule has 1 fully saturated rings. The lowest BCUT2D eigenvalue weighted by Crippen LogP contribution is -2.47. The standard InChI is InChI=1S/C22H30N2O3/c1-4-15-26-22(12-6-5-7-13-22)21(25)24-18-10-11-19(27-16(2)3)20-17(18)9-8-14-23-20/h8-11,14,16H,4-7,12-13,15H2,1-3H3,(H,24,25). The summed E-state index contributed by atoms with van der Waals surface area (Å²) in [7, 11) is 0. The van der Waals surface area contributed by atoms with E-state index in [1.54, 1.807) is 6.20 Å². The Bertz CT molecular complexity index is 782. The van der Waals surface area contributed by atoms with Crippen LogP contribution in [0.5, 0.6) is 5.75 Å². The third-order valence-electron chi connectivity index (χ3n) is 5.00. The molecule has 0 spiro atoms. The second-order valence-corrected chi connectivity index (χ2v) is 7.53. The monoisotopic (exact) mass is 370 g/mol. The molecule has 5 heteroatoms. The number of anilines is 1. The summed E-state index contributed by atoms with van der Waals surface area (Å²) in [5.74, 6) is 0.687. The first-order valence-corrected chi connectivity index (χ1v) is 10.1. The molecule has 2 aromatic rings. The van der Waals surface area contributed by atoms with E-state index in [1.807, 2.05) is 38.1 Å². The topological polar surface area (TPSA) is 60.5 Å². The largest absolute Gasteiger partial charge is 0.489 e. The molecule has 1 aliphatic rings. The molecule has 146 valence electrons. The smallest absolute Gasteiger partial charge is 0.256 e. The molecule has 3 rings (SSSR count). The molecule has 0 bridgehead atoms. The van der Waals surface area contributed by atoms with Crippen LogP contribution >= 0.6 is 0 Å². The normalized spacial score (nSPS) is 16.4. The molecule has 5 nitrogen and oxygen atoms in total. The molecule has 1 saturated carbocycles. The first-order chi connectivity index (χ1) is 13.1. The molecule has 0 saturated heterocycles. The fourth-order valence-electron chi connectivity index (χ4n) is 3.70. The van der Waals surface area contributed by atoms with Crippen molar-refractivity contribution in [3.8, 4) is 5.75 Å². The van der Waals surface area contributed by atoms with E-state index >= 15 is 0 Å². The lowest BCUT2D eigenvalue weighted by atomic mass is 9.83. The van der Waals surface area contributed by atoms with Crippen molar-refractivity contribution < 1.29 is 14.3 Å². The lowest BCUT2D eigenvalue weighted by molar-refractivity contribution is -0.146. The van der Waals surface area contributed by atoms with Gasteiger partial charge in [-0.2, -0.15) is 0 Å². The van der Waals surface area contributed by atoms with E-state index in [9.17, 15) is 4.79 Å². The van der Waals surface area contributed by atoms with Gasteiger partial charge in [0.1, 0.15) is 16.9 Å². The van der Waals surface area contributed by atoms with Crippen LogP contribution in [0.3, 0.4) is 0 Å². The molecule has 0 radical (unpaired) electrons. The predicted octanol–water partition coefficient (Wildman–Crippen LogP) is 5.09. The second-order valence-electron chi connectivity index (χ2n) is 7.53. The maximum Gasteiger partial charge on any atom is 0.256 e. The summed E-state index contributed by atoms with van der Waals surface area (Å²) in [5, 5.41) is 4.01. The third-order valence-corrected chi connectivity index (χ3v) is 5.00. The van der Waals surface area contributed by atoms with Crippen LogP contribution in [0, 0.1) is 0 Å². The average molecular weight is 370 g/mol. The van der Waals surface area contributed by atoms with Crippen LogP contribution in [0.1, 0.15) is 59.3 Å². The molecular weight excluding hydrogens is 340 g/mol. The van der Waals surface area contributed by atoms with E-state index in [2.05, 4.69) is 17.2 Å². The van der Waals surface area contributed by atoms with Gasteiger partial charge in [-0.05, 0) is 57.4 Å². The zero-order chi connectivity index (χ0) is 19.3. The van der Waals surface area contributed by atoms with Crippen molar-refractivity contribution >= 4 is 22.5 Å². The van der Waals surface area contributed by atoms with Gasteiger partial charge in [0, 0.05) is 18.2 Å². The fraction of sp³-hybridized carbons (Fsp3) is 0.545. The zero-order valence-corrected chi connectivity index (χ0v) is 16.6. The minimum atomic E-state index is -0.712. The number of nitrogens with zero attached hydrogens (tertiary/aromatic N) is 1.